The second kappa shape index (κ2) is 11.7. The van der Waals surface area contributed by atoms with Crippen molar-refractivity contribution >= 4 is 12.3 Å². The lowest BCUT2D eigenvalue weighted by atomic mass is 9.65. The number of hydrogen-bond acceptors (Lipinski definition) is 9. The van der Waals surface area contributed by atoms with Crippen LogP contribution in [0.4, 0.5) is 0 Å². The molecule has 3 fully saturated rings. The van der Waals surface area contributed by atoms with Gasteiger partial charge in [0.25, 0.3) is 0 Å². The van der Waals surface area contributed by atoms with Crippen LogP contribution in [-0.2, 0) is 39.9 Å². The van der Waals surface area contributed by atoms with Crippen molar-refractivity contribution in [3.8, 4) is 0 Å². The van der Waals surface area contributed by atoms with Crippen LogP contribution in [0, 0.1) is 11.8 Å². The summed E-state index contributed by atoms with van der Waals surface area (Å²) in [5.74, 6) is -2.14. The summed E-state index contributed by atoms with van der Waals surface area (Å²) in [6.07, 6.45) is -0.818. The van der Waals surface area contributed by atoms with Crippen molar-refractivity contribution in [2.24, 2.45) is 17.0 Å². The number of carbonyl (C=O) groups excluding carboxylic acids is 2. The monoisotopic (exact) mass is 503 g/mol. The Morgan fingerprint density at radius 2 is 2.08 bits per heavy atom. The number of hydrogen-bond donors (Lipinski definition) is 1. The van der Waals surface area contributed by atoms with Crippen LogP contribution in [0.2, 0.25) is 0 Å². The van der Waals surface area contributed by atoms with Crippen molar-refractivity contribution in [3.63, 3.8) is 0 Å². The molecule has 36 heavy (non-hydrogen) atoms. The molecule has 2 aliphatic heterocycles. The lowest BCUT2D eigenvalue weighted by molar-refractivity contribution is -0.360. The Morgan fingerprint density at radius 3 is 2.72 bits per heavy atom. The fourth-order valence-electron chi connectivity index (χ4n) is 5.45. The quantitative estimate of drug-likeness (QED) is 0.187. The molecule has 1 saturated carbocycles. The fourth-order valence-corrected chi connectivity index (χ4v) is 5.45. The molecule has 4 rings (SSSR count). The summed E-state index contributed by atoms with van der Waals surface area (Å²) >= 11 is 0. The molecule has 2 heterocycles. The number of ether oxygens (including phenoxy) is 5. The Bertz CT molecular complexity index is 948. The minimum Gasteiger partial charge on any atom is -0.460 e. The van der Waals surface area contributed by atoms with Gasteiger partial charge in [-0.2, -0.15) is 0 Å². The number of rotatable bonds is 8. The van der Waals surface area contributed by atoms with E-state index in [1.807, 2.05) is 30.3 Å². The zero-order valence-electron chi connectivity index (χ0n) is 20.5. The molecular weight excluding hydrogens is 470 g/mol. The first-order valence-corrected chi connectivity index (χ1v) is 12.3. The van der Waals surface area contributed by atoms with Crippen LogP contribution >= 0.6 is 0 Å². The van der Waals surface area contributed by atoms with Crippen molar-refractivity contribution in [2.45, 2.75) is 88.7 Å². The largest absolute Gasteiger partial charge is 0.460 e. The number of azide groups is 1. The molecule has 0 amide bonds. The summed E-state index contributed by atoms with van der Waals surface area (Å²) in [5, 5.41) is 15.4. The summed E-state index contributed by atoms with van der Waals surface area (Å²) in [4.78, 5) is 27.4. The van der Waals surface area contributed by atoms with E-state index in [2.05, 4.69) is 10.0 Å². The van der Waals surface area contributed by atoms with Gasteiger partial charge in [-0.25, -0.2) is 0 Å². The zero-order chi connectivity index (χ0) is 25.7. The Kier molecular flexibility index (Phi) is 8.61. The Morgan fingerprint density at radius 1 is 1.31 bits per heavy atom. The highest BCUT2D eigenvalue weighted by Crippen LogP contribution is 2.47. The molecule has 2 unspecified atom stereocenters. The van der Waals surface area contributed by atoms with E-state index < -0.39 is 60.3 Å². The van der Waals surface area contributed by atoms with Crippen molar-refractivity contribution in [1.29, 1.82) is 0 Å². The van der Waals surface area contributed by atoms with E-state index in [0.29, 0.717) is 13.0 Å². The summed E-state index contributed by atoms with van der Waals surface area (Å²) in [7, 11) is 0. The molecule has 0 aromatic heterocycles. The van der Waals surface area contributed by atoms with Gasteiger partial charge in [-0.05, 0) is 37.3 Å². The van der Waals surface area contributed by atoms with Gasteiger partial charge in [0.1, 0.15) is 24.1 Å². The van der Waals surface area contributed by atoms with Gasteiger partial charge in [0.15, 0.2) is 12.6 Å². The van der Waals surface area contributed by atoms with Gasteiger partial charge in [-0.3, -0.25) is 4.79 Å². The summed E-state index contributed by atoms with van der Waals surface area (Å²) in [6.45, 7) is 3.49. The average Bonchev–Trinajstić information content (AvgIpc) is 2.86. The number of fused-ring (bicyclic) bond motifs is 1. The third-order valence-corrected chi connectivity index (χ3v) is 7.18. The highest BCUT2D eigenvalue weighted by molar-refractivity contribution is 5.66. The predicted octanol–water partition coefficient (Wildman–Crippen LogP) is 3.04. The molecule has 2 saturated heterocycles. The number of nitrogens with zero attached hydrogens (tertiary/aromatic N) is 3. The van der Waals surface area contributed by atoms with E-state index in [1.165, 1.54) is 13.8 Å². The maximum Gasteiger partial charge on any atom is 0.302 e. The minimum absolute atomic E-state index is 0.189. The van der Waals surface area contributed by atoms with E-state index in [0.717, 1.165) is 24.7 Å². The van der Waals surface area contributed by atoms with E-state index in [9.17, 15) is 20.2 Å². The zero-order valence-corrected chi connectivity index (χ0v) is 20.5. The molecule has 1 aromatic rings. The molecule has 1 aromatic carbocycles. The third-order valence-electron chi connectivity index (χ3n) is 7.18. The SMILES string of the molecule is CC(=O)O[C@@H]1C[C@@H](OCc2ccccc2)[C@H](C=O)[C@H]2[C@H]1OC(OC1CCCCO1)[C@@](C)(O)[C@@H]2N=[N+]=[N-]. The molecule has 3 aliphatic rings. The molecule has 11 nitrogen and oxygen atoms in total. The van der Waals surface area contributed by atoms with E-state index in [1.54, 1.807) is 0 Å². The lowest BCUT2D eigenvalue weighted by Crippen LogP contribution is -2.69. The van der Waals surface area contributed by atoms with E-state index in [-0.39, 0.29) is 13.0 Å². The van der Waals surface area contributed by atoms with Gasteiger partial charge in [0, 0.05) is 36.7 Å². The summed E-state index contributed by atoms with van der Waals surface area (Å²) < 4.78 is 29.6. The van der Waals surface area contributed by atoms with Gasteiger partial charge in [0.2, 0.25) is 0 Å². The molecule has 0 bridgehead atoms. The van der Waals surface area contributed by atoms with Crippen molar-refractivity contribution in [2.75, 3.05) is 6.61 Å². The van der Waals surface area contributed by atoms with Gasteiger partial charge in [-0.15, -0.1) is 0 Å². The number of esters is 1. The van der Waals surface area contributed by atoms with Crippen LogP contribution in [0.5, 0.6) is 0 Å². The van der Waals surface area contributed by atoms with Crippen LogP contribution in [-0.4, -0.2) is 66.5 Å². The Balaban J connectivity index is 1.64. The minimum atomic E-state index is -1.79. The number of carbonyl (C=O) groups is 2. The highest BCUT2D eigenvalue weighted by Gasteiger charge is 2.61. The molecule has 1 N–H and O–H groups in total. The smallest absolute Gasteiger partial charge is 0.302 e. The number of aldehydes is 1. The maximum atomic E-state index is 12.4. The third kappa shape index (κ3) is 5.72. The van der Waals surface area contributed by atoms with Gasteiger partial charge in [0.05, 0.1) is 18.8 Å². The average molecular weight is 504 g/mol. The van der Waals surface area contributed by atoms with Gasteiger partial charge < -0.3 is 33.6 Å². The summed E-state index contributed by atoms with van der Waals surface area (Å²) in [6, 6.07) is 8.34. The van der Waals surface area contributed by atoms with Crippen LogP contribution in [0.25, 0.3) is 10.4 Å². The molecule has 11 heteroatoms. The second-order valence-corrected chi connectivity index (χ2v) is 9.75. The standard InChI is InChI=1S/C25H33N3O8/c1-15(30)34-19-12-18(33-14-16-8-4-3-5-9-16)17(13-29)21-22(19)36-24(25(2,31)23(21)27-28-26)35-20-10-6-7-11-32-20/h3-5,8-9,13,17-24,31H,6-7,10-12,14H2,1-2H3/t17-,18+,19+,20?,21-,22-,23+,24?,25-/m0/s1. The van der Waals surface area contributed by atoms with Gasteiger partial charge >= 0.3 is 5.97 Å². The van der Waals surface area contributed by atoms with Crippen molar-refractivity contribution in [3.05, 3.63) is 46.3 Å². The highest BCUT2D eigenvalue weighted by atomic mass is 16.8. The van der Waals surface area contributed by atoms with Crippen LogP contribution in [0.1, 0.15) is 45.1 Å². The predicted molar refractivity (Wildman–Crippen MR) is 125 cm³/mol. The topological polar surface area (TPSA) is 149 Å². The van der Waals surface area contributed by atoms with E-state index >= 15 is 0 Å². The number of benzene rings is 1. The normalized spacial score (nSPS) is 38.3. The summed E-state index contributed by atoms with van der Waals surface area (Å²) in [5.41, 5.74) is 8.49. The van der Waals surface area contributed by atoms with Crippen molar-refractivity contribution < 1.29 is 38.4 Å². The van der Waals surface area contributed by atoms with Gasteiger partial charge in [-0.1, -0.05) is 35.4 Å². The maximum absolute atomic E-state index is 12.4. The van der Waals surface area contributed by atoms with E-state index in [4.69, 9.17) is 23.7 Å². The fraction of sp³-hybridized carbons (Fsp3) is 0.680. The first-order chi connectivity index (χ1) is 17.3. The first-order valence-electron chi connectivity index (χ1n) is 12.3. The number of aliphatic hydroxyl groups is 1. The molecule has 1 aliphatic carbocycles. The Labute approximate surface area is 209 Å². The molecule has 196 valence electrons. The molecule has 9 atom stereocenters. The molecule has 0 radical (unpaired) electrons. The second-order valence-electron chi connectivity index (χ2n) is 9.75. The first kappa shape index (κ1) is 26.5. The Hall–Kier alpha value is -2.53. The van der Waals surface area contributed by atoms with Crippen LogP contribution < -0.4 is 0 Å². The molecular formula is C25H33N3O8. The van der Waals surface area contributed by atoms with Crippen LogP contribution in [0.15, 0.2) is 35.4 Å². The molecule has 0 spiro atoms. The van der Waals surface area contributed by atoms with Crippen molar-refractivity contribution in [1.82, 2.24) is 0 Å². The van der Waals surface area contributed by atoms with Crippen LogP contribution in [0.3, 0.4) is 0 Å². The lowest BCUT2D eigenvalue weighted by Gasteiger charge is -2.55.